The van der Waals surface area contributed by atoms with Crippen LogP contribution >= 0.6 is 0 Å². The number of hydrogen-bond donors (Lipinski definition) is 0. The lowest BCUT2D eigenvalue weighted by molar-refractivity contribution is -0.108. The van der Waals surface area contributed by atoms with Gasteiger partial charge in [-0.25, -0.2) is 0 Å². The lowest BCUT2D eigenvalue weighted by atomic mass is 10.0. The number of benzene rings is 1. The number of hydrogen-bond acceptors (Lipinski definition) is 4. The number of carbonyl (C=O) groups is 1. The van der Waals surface area contributed by atoms with Crippen molar-refractivity contribution in [1.29, 1.82) is 5.26 Å². The fourth-order valence-corrected chi connectivity index (χ4v) is 1.44. The number of nitrogens with zero attached hydrogens (tertiary/aromatic N) is 1. The summed E-state index contributed by atoms with van der Waals surface area (Å²) in [7, 11) is 0. The predicted octanol–water partition coefficient (Wildman–Crippen LogP) is 1.26. The number of nitriles is 1. The van der Waals surface area contributed by atoms with E-state index in [0.717, 1.165) is 0 Å². The van der Waals surface area contributed by atoms with Crippen LogP contribution in [-0.2, 0) is 4.79 Å². The van der Waals surface area contributed by atoms with Gasteiger partial charge in [0, 0.05) is 0 Å². The van der Waals surface area contributed by atoms with Crippen molar-refractivity contribution >= 4 is 6.29 Å². The zero-order valence-electron chi connectivity index (χ0n) is 7.97. The van der Waals surface area contributed by atoms with Crippen LogP contribution in [0.5, 0.6) is 11.5 Å². The number of rotatable bonds is 2. The highest BCUT2D eigenvalue weighted by Crippen LogP contribution is 2.32. The first-order chi connectivity index (χ1) is 7.35. The van der Waals surface area contributed by atoms with Crippen molar-refractivity contribution in [2.75, 3.05) is 13.2 Å². The van der Waals surface area contributed by atoms with Gasteiger partial charge in [0.25, 0.3) is 0 Å². The predicted molar refractivity (Wildman–Crippen MR) is 51.9 cm³/mol. The Morgan fingerprint density at radius 1 is 1.33 bits per heavy atom. The Balaban J connectivity index is 2.36. The van der Waals surface area contributed by atoms with Crippen molar-refractivity contribution in [1.82, 2.24) is 0 Å². The van der Waals surface area contributed by atoms with Crippen LogP contribution in [-0.4, -0.2) is 19.5 Å². The minimum absolute atomic E-state index is 0.495. The number of aldehydes is 1. The average molecular weight is 203 g/mol. The Kier molecular flexibility index (Phi) is 2.55. The van der Waals surface area contributed by atoms with Crippen LogP contribution in [0.25, 0.3) is 0 Å². The van der Waals surface area contributed by atoms with Gasteiger partial charge in [0.15, 0.2) is 11.5 Å². The van der Waals surface area contributed by atoms with Gasteiger partial charge in [0.2, 0.25) is 0 Å². The van der Waals surface area contributed by atoms with Crippen molar-refractivity contribution in [2.24, 2.45) is 0 Å². The molecule has 0 saturated carbocycles. The summed E-state index contributed by atoms with van der Waals surface area (Å²) in [6.45, 7) is 1.02. The minimum Gasteiger partial charge on any atom is -0.486 e. The first-order valence-electron chi connectivity index (χ1n) is 4.59. The van der Waals surface area contributed by atoms with E-state index < -0.39 is 5.92 Å². The van der Waals surface area contributed by atoms with Gasteiger partial charge in [-0.1, -0.05) is 6.07 Å². The van der Waals surface area contributed by atoms with E-state index in [1.807, 2.05) is 6.07 Å². The van der Waals surface area contributed by atoms with Crippen molar-refractivity contribution in [3.63, 3.8) is 0 Å². The summed E-state index contributed by atoms with van der Waals surface area (Å²) in [5.74, 6) is 0.522. The van der Waals surface area contributed by atoms with Crippen LogP contribution in [0, 0.1) is 11.3 Å². The fourth-order valence-electron chi connectivity index (χ4n) is 1.44. The molecule has 0 spiro atoms. The Labute approximate surface area is 87.0 Å². The molecule has 0 aliphatic carbocycles. The maximum Gasteiger partial charge on any atom is 0.161 e. The Morgan fingerprint density at radius 2 is 2.07 bits per heavy atom. The Bertz CT molecular complexity index is 422. The molecule has 1 aliphatic rings. The van der Waals surface area contributed by atoms with Crippen LogP contribution < -0.4 is 9.47 Å². The second-order valence-corrected chi connectivity index (χ2v) is 3.15. The summed E-state index contributed by atoms with van der Waals surface area (Å²) in [6.07, 6.45) is 0.616. The molecule has 4 nitrogen and oxygen atoms in total. The molecule has 1 aromatic carbocycles. The van der Waals surface area contributed by atoms with Gasteiger partial charge in [-0.3, -0.25) is 0 Å². The van der Waals surface area contributed by atoms with E-state index in [0.29, 0.717) is 36.6 Å². The topological polar surface area (TPSA) is 59.3 Å². The minimum atomic E-state index is -0.735. The number of fused-ring (bicyclic) bond motifs is 1. The first-order valence-corrected chi connectivity index (χ1v) is 4.59. The maximum absolute atomic E-state index is 10.6. The molecule has 15 heavy (non-hydrogen) atoms. The molecule has 1 atom stereocenters. The van der Waals surface area contributed by atoms with Gasteiger partial charge in [-0.05, 0) is 17.7 Å². The molecular weight excluding hydrogens is 194 g/mol. The SMILES string of the molecule is N#CC(C=O)c1ccc2c(c1)OCCO2. The van der Waals surface area contributed by atoms with E-state index in [1.165, 1.54) is 0 Å². The quantitative estimate of drug-likeness (QED) is 0.679. The third-order valence-electron chi connectivity index (χ3n) is 2.20. The zero-order valence-corrected chi connectivity index (χ0v) is 7.97. The van der Waals surface area contributed by atoms with E-state index in [2.05, 4.69) is 0 Å². The molecule has 2 rings (SSSR count). The summed E-state index contributed by atoms with van der Waals surface area (Å²) in [6, 6.07) is 7.01. The highest BCUT2D eigenvalue weighted by atomic mass is 16.6. The van der Waals surface area contributed by atoms with Crippen molar-refractivity contribution in [3.05, 3.63) is 23.8 Å². The van der Waals surface area contributed by atoms with Crippen molar-refractivity contribution in [2.45, 2.75) is 5.92 Å². The molecular formula is C11H9NO3. The Morgan fingerprint density at radius 3 is 2.73 bits per heavy atom. The monoisotopic (exact) mass is 203 g/mol. The number of carbonyl (C=O) groups excluding carboxylic acids is 1. The molecule has 1 aromatic rings. The summed E-state index contributed by atoms with van der Waals surface area (Å²) in [5, 5.41) is 8.73. The van der Waals surface area contributed by atoms with E-state index >= 15 is 0 Å². The summed E-state index contributed by atoms with van der Waals surface area (Å²) < 4.78 is 10.7. The third-order valence-corrected chi connectivity index (χ3v) is 2.20. The van der Waals surface area contributed by atoms with Crippen LogP contribution in [0.3, 0.4) is 0 Å². The normalized spacial score (nSPS) is 15.1. The standard InChI is InChI=1S/C11H9NO3/c12-6-9(7-13)8-1-2-10-11(5-8)15-4-3-14-10/h1-2,5,7,9H,3-4H2. The highest BCUT2D eigenvalue weighted by Gasteiger charge is 2.15. The van der Waals surface area contributed by atoms with Crippen LogP contribution in [0.2, 0.25) is 0 Å². The highest BCUT2D eigenvalue weighted by molar-refractivity contribution is 5.67. The van der Waals surface area contributed by atoms with Crippen molar-refractivity contribution in [3.8, 4) is 17.6 Å². The lowest BCUT2D eigenvalue weighted by Gasteiger charge is -2.19. The number of ether oxygens (including phenoxy) is 2. The van der Waals surface area contributed by atoms with Crippen molar-refractivity contribution < 1.29 is 14.3 Å². The van der Waals surface area contributed by atoms with E-state index in [1.54, 1.807) is 18.2 Å². The van der Waals surface area contributed by atoms with Crippen LogP contribution in [0.15, 0.2) is 18.2 Å². The van der Waals surface area contributed by atoms with Crippen LogP contribution in [0.1, 0.15) is 11.5 Å². The largest absolute Gasteiger partial charge is 0.486 e. The molecule has 1 aliphatic heterocycles. The molecule has 1 unspecified atom stereocenters. The molecule has 76 valence electrons. The summed E-state index contributed by atoms with van der Waals surface area (Å²) in [4.78, 5) is 10.6. The lowest BCUT2D eigenvalue weighted by Crippen LogP contribution is -2.15. The summed E-state index contributed by atoms with van der Waals surface area (Å²) in [5.41, 5.74) is 0.636. The second-order valence-electron chi connectivity index (χ2n) is 3.15. The molecule has 0 bridgehead atoms. The molecule has 1 heterocycles. The second kappa shape index (κ2) is 4.01. The molecule has 0 fully saturated rings. The van der Waals surface area contributed by atoms with Gasteiger partial charge in [0.05, 0.1) is 6.07 Å². The molecule has 0 amide bonds. The van der Waals surface area contributed by atoms with Crippen LogP contribution in [0.4, 0.5) is 0 Å². The van der Waals surface area contributed by atoms with Gasteiger partial charge in [0.1, 0.15) is 25.4 Å². The van der Waals surface area contributed by atoms with Gasteiger partial charge >= 0.3 is 0 Å². The molecule has 0 saturated heterocycles. The smallest absolute Gasteiger partial charge is 0.161 e. The van der Waals surface area contributed by atoms with Gasteiger partial charge in [-0.15, -0.1) is 0 Å². The first kappa shape index (κ1) is 9.53. The molecule has 0 radical (unpaired) electrons. The van der Waals surface area contributed by atoms with Gasteiger partial charge in [-0.2, -0.15) is 5.26 Å². The third kappa shape index (κ3) is 1.77. The molecule has 0 N–H and O–H groups in total. The Hall–Kier alpha value is -2.02. The fraction of sp³-hybridized carbons (Fsp3) is 0.273. The summed E-state index contributed by atoms with van der Waals surface area (Å²) >= 11 is 0. The van der Waals surface area contributed by atoms with E-state index in [-0.39, 0.29) is 0 Å². The van der Waals surface area contributed by atoms with E-state index in [9.17, 15) is 4.79 Å². The maximum atomic E-state index is 10.6. The molecule has 0 aromatic heterocycles. The average Bonchev–Trinajstić information content (AvgIpc) is 2.30. The van der Waals surface area contributed by atoms with E-state index in [4.69, 9.17) is 14.7 Å². The zero-order chi connectivity index (χ0) is 10.7. The van der Waals surface area contributed by atoms with Gasteiger partial charge < -0.3 is 14.3 Å². The molecule has 4 heteroatoms.